The number of unbranched alkanes of at least 4 members (excludes halogenated alkanes) is 3. The van der Waals surface area contributed by atoms with Crippen molar-refractivity contribution in [3.05, 3.63) is 35.1 Å². The Morgan fingerprint density at radius 2 is 1.83 bits per heavy atom. The van der Waals surface area contributed by atoms with Crippen LogP contribution in [0.25, 0.3) is 0 Å². The van der Waals surface area contributed by atoms with Crippen molar-refractivity contribution in [2.24, 2.45) is 0 Å². The smallest absolute Gasteiger partial charge is 0.129 e. The first-order chi connectivity index (χ1) is 8.63. The Balaban J connectivity index is 2.28. The predicted molar refractivity (Wildman–Crippen MR) is 73.2 cm³/mol. The largest absolute Gasteiger partial charge is 0.300 e. The first kappa shape index (κ1) is 14.9. The molecule has 0 aromatic heterocycles. The molecule has 18 heavy (non-hydrogen) atoms. The van der Waals surface area contributed by atoms with Crippen LogP contribution >= 0.6 is 0 Å². The molecule has 0 saturated heterocycles. The minimum absolute atomic E-state index is 0.142. The summed E-state index contributed by atoms with van der Waals surface area (Å²) in [5, 5.41) is 0. The van der Waals surface area contributed by atoms with Crippen LogP contribution in [0.5, 0.6) is 0 Å². The average molecular weight is 250 g/mol. The second-order valence-corrected chi connectivity index (χ2v) is 4.88. The minimum Gasteiger partial charge on any atom is -0.300 e. The van der Waals surface area contributed by atoms with Crippen LogP contribution in [0.4, 0.5) is 4.39 Å². The molecule has 0 bridgehead atoms. The monoisotopic (exact) mass is 250 g/mol. The minimum atomic E-state index is -0.142. The van der Waals surface area contributed by atoms with Crippen LogP contribution in [0.2, 0.25) is 0 Å². The highest BCUT2D eigenvalue weighted by Gasteiger charge is 2.02. The van der Waals surface area contributed by atoms with Crippen molar-refractivity contribution in [3.8, 4) is 0 Å². The Hall–Kier alpha value is -1.18. The summed E-state index contributed by atoms with van der Waals surface area (Å²) < 4.78 is 13.1. The number of benzene rings is 1. The molecule has 0 spiro atoms. The van der Waals surface area contributed by atoms with E-state index in [4.69, 9.17) is 0 Å². The van der Waals surface area contributed by atoms with Gasteiger partial charge in [-0.05, 0) is 55.9 Å². The van der Waals surface area contributed by atoms with Crippen LogP contribution in [0, 0.1) is 5.82 Å². The summed E-state index contributed by atoms with van der Waals surface area (Å²) in [6.45, 7) is 3.71. The number of Topliss-reactive ketones (excluding diaryl/α,β-unsaturated/α-hetero) is 1. The normalized spacial score (nSPS) is 10.6. The molecule has 1 rings (SSSR count). The van der Waals surface area contributed by atoms with E-state index in [1.807, 2.05) is 6.07 Å². The second-order valence-electron chi connectivity index (χ2n) is 4.88. The summed E-state index contributed by atoms with van der Waals surface area (Å²) in [6.07, 6.45) is 6.99. The van der Waals surface area contributed by atoms with Crippen molar-refractivity contribution in [1.82, 2.24) is 0 Å². The van der Waals surface area contributed by atoms with Gasteiger partial charge in [0.2, 0.25) is 0 Å². The number of ketones is 1. The van der Waals surface area contributed by atoms with E-state index in [0.29, 0.717) is 6.42 Å². The number of carbonyl (C=O) groups is 1. The third-order valence-corrected chi connectivity index (χ3v) is 3.27. The van der Waals surface area contributed by atoms with Crippen LogP contribution in [-0.4, -0.2) is 5.78 Å². The molecule has 0 unspecified atom stereocenters. The molecule has 0 amide bonds. The molecular weight excluding hydrogens is 227 g/mol. The second kappa shape index (κ2) is 8.02. The Bertz CT molecular complexity index is 385. The van der Waals surface area contributed by atoms with Crippen molar-refractivity contribution in [2.45, 2.75) is 58.8 Å². The standard InChI is InChI=1S/C16H23FO/c1-3-14-12-16(17)11-10-15(14)9-7-5-4-6-8-13(2)18/h10-12H,3-9H2,1-2H3. The van der Waals surface area contributed by atoms with Crippen LogP contribution in [0.1, 0.15) is 57.1 Å². The Morgan fingerprint density at radius 1 is 1.11 bits per heavy atom. The molecule has 0 heterocycles. The molecule has 0 aliphatic rings. The highest BCUT2D eigenvalue weighted by Crippen LogP contribution is 2.16. The fraction of sp³-hybridized carbons (Fsp3) is 0.562. The molecule has 100 valence electrons. The lowest BCUT2D eigenvalue weighted by Crippen LogP contribution is -1.95. The first-order valence-electron chi connectivity index (χ1n) is 6.90. The average Bonchev–Trinajstić information content (AvgIpc) is 2.34. The maximum absolute atomic E-state index is 13.1. The Kier molecular flexibility index (Phi) is 6.63. The molecule has 0 aliphatic heterocycles. The molecule has 0 atom stereocenters. The van der Waals surface area contributed by atoms with Crippen molar-refractivity contribution in [3.63, 3.8) is 0 Å². The van der Waals surface area contributed by atoms with Gasteiger partial charge in [0.1, 0.15) is 11.6 Å². The number of rotatable bonds is 8. The van der Waals surface area contributed by atoms with Gasteiger partial charge in [-0.2, -0.15) is 0 Å². The predicted octanol–water partition coefficient (Wildman–Crippen LogP) is 4.47. The summed E-state index contributed by atoms with van der Waals surface area (Å²) in [6, 6.07) is 5.10. The van der Waals surface area contributed by atoms with Crippen LogP contribution in [0.15, 0.2) is 18.2 Å². The zero-order valence-electron chi connectivity index (χ0n) is 11.5. The van der Waals surface area contributed by atoms with Gasteiger partial charge in [0.05, 0.1) is 0 Å². The molecule has 1 nitrogen and oxygen atoms in total. The maximum Gasteiger partial charge on any atom is 0.129 e. The molecule has 0 N–H and O–H groups in total. The third-order valence-electron chi connectivity index (χ3n) is 3.27. The molecule has 1 aromatic carbocycles. The fourth-order valence-electron chi connectivity index (χ4n) is 2.21. The van der Waals surface area contributed by atoms with Crippen molar-refractivity contribution in [2.75, 3.05) is 0 Å². The van der Waals surface area contributed by atoms with E-state index in [-0.39, 0.29) is 11.6 Å². The van der Waals surface area contributed by atoms with Gasteiger partial charge in [0.15, 0.2) is 0 Å². The summed E-state index contributed by atoms with van der Waals surface area (Å²) in [5.41, 5.74) is 2.39. The van der Waals surface area contributed by atoms with E-state index in [1.54, 1.807) is 19.1 Å². The lowest BCUT2D eigenvalue weighted by atomic mass is 9.99. The van der Waals surface area contributed by atoms with E-state index >= 15 is 0 Å². The summed E-state index contributed by atoms with van der Waals surface area (Å²) in [4.78, 5) is 10.8. The van der Waals surface area contributed by atoms with Crippen molar-refractivity contribution < 1.29 is 9.18 Å². The fourth-order valence-corrected chi connectivity index (χ4v) is 2.21. The van der Waals surface area contributed by atoms with Gasteiger partial charge in [-0.1, -0.05) is 25.8 Å². The van der Waals surface area contributed by atoms with Crippen molar-refractivity contribution in [1.29, 1.82) is 0 Å². The number of halogens is 1. The highest BCUT2D eigenvalue weighted by molar-refractivity contribution is 5.75. The summed E-state index contributed by atoms with van der Waals surface area (Å²) >= 11 is 0. The summed E-state index contributed by atoms with van der Waals surface area (Å²) in [5.74, 6) is 0.138. The van der Waals surface area contributed by atoms with E-state index in [9.17, 15) is 9.18 Å². The van der Waals surface area contributed by atoms with Gasteiger partial charge in [-0.15, -0.1) is 0 Å². The third kappa shape index (κ3) is 5.44. The topological polar surface area (TPSA) is 17.1 Å². The van der Waals surface area contributed by atoms with E-state index < -0.39 is 0 Å². The summed E-state index contributed by atoms with van der Waals surface area (Å²) in [7, 11) is 0. The van der Waals surface area contributed by atoms with Gasteiger partial charge in [0, 0.05) is 6.42 Å². The van der Waals surface area contributed by atoms with Crippen molar-refractivity contribution >= 4 is 5.78 Å². The lowest BCUT2D eigenvalue weighted by Gasteiger charge is -2.07. The molecule has 0 radical (unpaired) electrons. The Morgan fingerprint density at radius 3 is 2.50 bits per heavy atom. The number of carbonyl (C=O) groups excluding carboxylic acids is 1. The molecule has 1 aromatic rings. The zero-order chi connectivity index (χ0) is 13.4. The first-order valence-corrected chi connectivity index (χ1v) is 6.90. The van der Waals surface area contributed by atoms with Gasteiger partial charge < -0.3 is 4.79 Å². The quantitative estimate of drug-likeness (QED) is 0.622. The van der Waals surface area contributed by atoms with Crippen LogP contribution in [0.3, 0.4) is 0 Å². The molecular formula is C16H23FO. The van der Waals surface area contributed by atoms with Crippen LogP contribution < -0.4 is 0 Å². The molecule has 2 heteroatoms. The van der Waals surface area contributed by atoms with Crippen LogP contribution in [-0.2, 0) is 17.6 Å². The number of hydrogen-bond acceptors (Lipinski definition) is 1. The Labute approximate surface area is 109 Å². The van der Waals surface area contributed by atoms with Gasteiger partial charge in [-0.25, -0.2) is 4.39 Å². The number of aryl methyl sites for hydroxylation is 2. The van der Waals surface area contributed by atoms with Gasteiger partial charge >= 0.3 is 0 Å². The van der Waals surface area contributed by atoms with Gasteiger partial charge in [-0.3, -0.25) is 0 Å². The van der Waals surface area contributed by atoms with E-state index in [2.05, 4.69) is 6.92 Å². The van der Waals surface area contributed by atoms with E-state index in [1.165, 1.54) is 5.56 Å². The van der Waals surface area contributed by atoms with E-state index in [0.717, 1.165) is 44.1 Å². The van der Waals surface area contributed by atoms with Gasteiger partial charge in [0.25, 0.3) is 0 Å². The highest BCUT2D eigenvalue weighted by atomic mass is 19.1. The maximum atomic E-state index is 13.1. The molecule has 0 aliphatic carbocycles. The SMILES string of the molecule is CCc1cc(F)ccc1CCCCCCC(C)=O. The molecule has 0 fully saturated rings. The zero-order valence-corrected chi connectivity index (χ0v) is 11.5. The number of hydrogen-bond donors (Lipinski definition) is 0. The molecule has 0 saturated carbocycles. The lowest BCUT2D eigenvalue weighted by molar-refractivity contribution is -0.117.